The van der Waals surface area contributed by atoms with Gasteiger partial charge < -0.3 is 14.5 Å². The third kappa shape index (κ3) is 3.86. The predicted molar refractivity (Wildman–Crippen MR) is 95.3 cm³/mol. The Labute approximate surface area is 147 Å². The van der Waals surface area contributed by atoms with Crippen molar-refractivity contribution in [3.05, 3.63) is 24.3 Å². The van der Waals surface area contributed by atoms with Crippen LogP contribution in [0.1, 0.15) is 19.8 Å². The molecule has 1 aromatic carbocycles. The van der Waals surface area contributed by atoms with Gasteiger partial charge in [-0.3, -0.25) is 9.59 Å². The maximum atomic E-state index is 12.7. The number of fused-ring (bicyclic) bond motifs is 1. The molecular formula is C18H24N2O3S. The van der Waals surface area contributed by atoms with Gasteiger partial charge in [-0.2, -0.15) is 0 Å². The molecule has 2 aliphatic rings. The number of benzene rings is 1. The molecule has 2 heterocycles. The Morgan fingerprint density at radius 1 is 1.29 bits per heavy atom. The molecule has 24 heavy (non-hydrogen) atoms. The maximum absolute atomic E-state index is 12.7. The molecule has 0 saturated carbocycles. The highest BCUT2D eigenvalue weighted by molar-refractivity contribution is 7.99. The molecule has 1 fully saturated rings. The lowest BCUT2D eigenvalue weighted by Crippen LogP contribution is -2.47. The van der Waals surface area contributed by atoms with Gasteiger partial charge in [-0.1, -0.05) is 12.1 Å². The van der Waals surface area contributed by atoms with E-state index < -0.39 is 0 Å². The highest BCUT2D eigenvalue weighted by atomic mass is 32.2. The summed E-state index contributed by atoms with van der Waals surface area (Å²) in [5, 5.41) is 0. The number of likely N-dealkylation sites (tertiary alicyclic amines) is 1. The third-order valence-corrected chi connectivity index (χ3v) is 5.59. The van der Waals surface area contributed by atoms with E-state index in [4.69, 9.17) is 4.74 Å². The van der Waals surface area contributed by atoms with E-state index in [9.17, 15) is 9.59 Å². The van der Waals surface area contributed by atoms with E-state index in [1.807, 2.05) is 35.7 Å². The quantitative estimate of drug-likeness (QED) is 0.782. The Morgan fingerprint density at radius 3 is 2.96 bits per heavy atom. The number of nitrogens with zero attached hydrogens (tertiary/aromatic N) is 2. The minimum Gasteiger partial charge on any atom is -0.466 e. The standard InChI is InChI=1S/C18H24N2O3S/c1-2-23-18(22)14-6-5-9-20(12-14)17(21)13-19-10-11-24-16-8-4-3-7-15(16)19/h3-4,7-8,14H,2,5-6,9-13H2,1H3/t14-/m1/s1. The number of rotatable bonds is 4. The number of carbonyl (C=O) groups is 2. The number of hydrogen-bond donors (Lipinski definition) is 0. The van der Waals surface area contributed by atoms with E-state index >= 15 is 0 Å². The largest absolute Gasteiger partial charge is 0.466 e. The lowest BCUT2D eigenvalue weighted by atomic mass is 9.98. The summed E-state index contributed by atoms with van der Waals surface area (Å²) >= 11 is 1.84. The van der Waals surface area contributed by atoms with Gasteiger partial charge >= 0.3 is 5.97 Å². The first kappa shape index (κ1) is 17.1. The van der Waals surface area contributed by atoms with Crippen molar-refractivity contribution in [1.29, 1.82) is 0 Å². The topological polar surface area (TPSA) is 49.9 Å². The van der Waals surface area contributed by atoms with E-state index in [0.717, 1.165) is 37.4 Å². The number of carbonyl (C=O) groups excluding carboxylic acids is 2. The Bertz CT molecular complexity index is 608. The molecule has 3 rings (SSSR count). The zero-order valence-electron chi connectivity index (χ0n) is 14.1. The highest BCUT2D eigenvalue weighted by Crippen LogP contribution is 2.34. The van der Waals surface area contributed by atoms with Crippen molar-refractivity contribution in [3.63, 3.8) is 0 Å². The van der Waals surface area contributed by atoms with Crippen LogP contribution in [0.5, 0.6) is 0 Å². The van der Waals surface area contributed by atoms with Gasteiger partial charge in [-0.05, 0) is 31.9 Å². The van der Waals surface area contributed by atoms with E-state index in [0.29, 0.717) is 19.7 Å². The summed E-state index contributed by atoms with van der Waals surface area (Å²) in [6.07, 6.45) is 1.67. The van der Waals surface area contributed by atoms with Crippen molar-refractivity contribution >= 4 is 29.3 Å². The van der Waals surface area contributed by atoms with Crippen molar-refractivity contribution in [2.75, 3.05) is 43.4 Å². The van der Waals surface area contributed by atoms with Crippen LogP contribution in [0, 0.1) is 5.92 Å². The SMILES string of the molecule is CCOC(=O)[C@@H]1CCCN(C(=O)CN2CCSc3ccccc32)C1. The van der Waals surface area contributed by atoms with Gasteiger partial charge in [-0.15, -0.1) is 11.8 Å². The Morgan fingerprint density at radius 2 is 2.12 bits per heavy atom. The zero-order valence-corrected chi connectivity index (χ0v) is 14.9. The molecule has 1 saturated heterocycles. The number of ether oxygens (including phenoxy) is 1. The van der Waals surface area contributed by atoms with Gasteiger partial charge in [0.25, 0.3) is 0 Å². The number of esters is 1. The minimum atomic E-state index is -0.174. The Kier molecular flexibility index (Phi) is 5.66. The van der Waals surface area contributed by atoms with Crippen LogP contribution in [0.2, 0.25) is 0 Å². The first-order valence-corrected chi connectivity index (χ1v) is 9.58. The molecule has 0 bridgehead atoms. The monoisotopic (exact) mass is 348 g/mol. The molecule has 130 valence electrons. The second-order valence-corrected chi connectivity index (χ2v) is 7.31. The summed E-state index contributed by atoms with van der Waals surface area (Å²) in [4.78, 5) is 29.9. The van der Waals surface area contributed by atoms with Crippen molar-refractivity contribution in [2.45, 2.75) is 24.7 Å². The first-order valence-electron chi connectivity index (χ1n) is 8.60. The second-order valence-electron chi connectivity index (χ2n) is 6.17. The number of hydrogen-bond acceptors (Lipinski definition) is 5. The number of piperidine rings is 1. The average Bonchev–Trinajstić information content (AvgIpc) is 2.62. The molecule has 5 nitrogen and oxygen atoms in total. The number of para-hydroxylation sites is 1. The molecular weight excluding hydrogens is 324 g/mol. The van der Waals surface area contributed by atoms with Gasteiger partial charge in [0.05, 0.1) is 24.8 Å². The summed E-state index contributed by atoms with van der Waals surface area (Å²) < 4.78 is 5.12. The van der Waals surface area contributed by atoms with Crippen LogP contribution in [0.4, 0.5) is 5.69 Å². The van der Waals surface area contributed by atoms with Crippen LogP contribution in [0.25, 0.3) is 0 Å². The molecule has 0 radical (unpaired) electrons. The first-order chi connectivity index (χ1) is 11.7. The smallest absolute Gasteiger partial charge is 0.310 e. The molecule has 0 spiro atoms. The molecule has 1 amide bonds. The van der Waals surface area contributed by atoms with Crippen molar-refractivity contribution in [1.82, 2.24) is 4.90 Å². The third-order valence-electron chi connectivity index (χ3n) is 4.54. The van der Waals surface area contributed by atoms with Crippen molar-refractivity contribution in [3.8, 4) is 0 Å². The van der Waals surface area contributed by atoms with Crippen LogP contribution in [0.3, 0.4) is 0 Å². The van der Waals surface area contributed by atoms with Gasteiger partial charge in [0.2, 0.25) is 5.91 Å². The van der Waals surface area contributed by atoms with E-state index in [-0.39, 0.29) is 17.8 Å². The lowest BCUT2D eigenvalue weighted by Gasteiger charge is -2.35. The molecule has 0 aromatic heterocycles. The van der Waals surface area contributed by atoms with Crippen LogP contribution in [-0.2, 0) is 14.3 Å². The van der Waals surface area contributed by atoms with Crippen LogP contribution in [0.15, 0.2) is 29.2 Å². The Balaban J connectivity index is 1.62. The summed E-state index contributed by atoms with van der Waals surface area (Å²) in [5.74, 6) is 0.753. The van der Waals surface area contributed by atoms with Gasteiger partial charge in [0, 0.05) is 30.3 Å². The van der Waals surface area contributed by atoms with E-state index in [2.05, 4.69) is 17.0 Å². The van der Waals surface area contributed by atoms with Crippen LogP contribution >= 0.6 is 11.8 Å². The van der Waals surface area contributed by atoms with Gasteiger partial charge in [0.15, 0.2) is 0 Å². The summed E-state index contributed by atoms with van der Waals surface area (Å²) in [6.45, 7) is 4.69. The van der Waals surface area contributed by atoms with Gasteiger partial charge in [0.1, 0.15) is 0 Å². The van der Waals surface area contributed by atoms with Crippen molar-refractivity contribution < 1.29 is 14.3 Å². The lowest BCUT2D eigenvalue weighted by molar-refractivity contribution is -0.151. The number of thioether (sulfide) groups is 1. The van der Waals surface area contributed by atoms with Crippen molar-refractivity contribution in [2.24, 2.45) is 5.92 Å². The number of amides is 1. The Hall–Kier alpha value is -1.69. The fourth-order valence-corrected chi connectivity index (χ4v) is 4.36. The number of anilines is 1. The molecule has 1 aromatic rings. The fourth-order valence-electron chi connectivity index (χ4n) is 3.31. The predicted octanol–water partition coefficient (Wildman–Crippen LogP) is 2.40. The molecule has 1 atom stereocenters. The summed E-state index contributed by atoms with van der Waals surface area (Å²) in [7, 11) is 0. The minimum absolute atomic E-state index is 0.103. The second kappa shape index (κ2) is 7.92. The molecule has 2 aliphatic heterocycles. The van der Waals surface area contributed by atoms with E-state index in [1.54, 1.807) is 0 Å². The maximum Gasteiger partial charge on any atom is 0.310 e. The normalized spacial score (nSPS) is 20.5. The van der Waals surface area contributed by atoms with Crippen LogP contribution in [-0.4, -0.2) is 55.3 Å². The zero-order chi connectivity index (χ0) is 16.9. The average molecular weight is 348 g/mol. The molecule has 0 unspecified atom stereocenters. The summed E-state index contributed by atoms with van der Waals surface area (Å²) in [5.41, 5.74) is 1.14. The van der Waals surface area contributed by atoms with Gasteiger partial charge in [-0.25, -0.2) is 0 Å². The molecule has 6 heteroatoms. The van der Waals surface area contributed by atoms with Crippen LogP contribution < -0.4 is 4.90 Å². The molecule has 0 N–H and O–H groups in total. The highest BCUT2D eigenvalue weighted by Gasteiger charge is 2.30. The fraction of sp³-hybridized carbons (Fsp3) is 0.556. The molecule has 0 aliphatic carbocycles. The van der Waals surface area contributed by atoms with E-state index in [1.165, 1.54) is 4.90 Å². The summed E-state index contributed by atoms with van der Waals surface area (Å²) in [6, 6.07) is 8.23.